The van der Waals surface area contributed by atoms with Crippen LogP contribution < -0.4 is 0 Å². The average Bonchev–Trinajstić information content (AvgIpc) is 2.60. The molecule has 0 spiro atoms. The number of aliphatic hydroxyl groups excluding tert-OH is 1. The minimum absolute atomic E-state index is 0.120. The van der Waals surface area contributed by atoms with Gasteiger partial charge in [0.05, 0.1) is 6.61 Å². The molecule has 0 aliphatic carbocycles. The number of hydrogen-bond acceptors (Lipinski definition) is 3. The standard InChI is InChI=1S/C12H21NOS/c1-10-6-8-15-11(10)5-7-13(4)12(2,3)9-14/h6,8,14H,5,7,9H2,1-4H3. The summed E-state index contributed by atoms with van der Waals surface area (Å²) in [5.41, 5.74) is 1.26. The Kier molecular flexibility index (Phi) is 4.32. The molecule has 0 saturated heterocycles. The number of aliphatic hydroxyl groups is 1. The van der Waals surface area contributed by atoms with Gasteiger partial charge in [-0.3, -0.25) is 4.90 Å². The summed E-state index contributed by atoms with van der Waals surface area (Å²) in [7, 11) is 2.07. The van der Waals surface area contributed by atoms with Crippen LogP contribution in [0.1, 0.15) is 24.3 Å². The van der Waals surface area contributed by atoms with Crippen molar-refractivity contribution in [1.29, 1.82) is 0 Å². The maximum Gasteiger partial charge on any atom is 0.0609 e. The number of rotatable bonds is 5. The Bertz CT molecular complexity index is 306. The predicted octanol–water partition coefficient (Wildman–Crippen LogP) is 2.30. The van der Waals surface area contributed by atoms with Crippen LogP contribution in [0.4, 0.5) is 0 Å². The van der Waals surface area contributed by atoms with Crippen LogP contribution in [0.15, 0.2) is 11.4 Å². The van der Waals surface area contributed by atoms with Gasteiger partial charge in [-0.25, -0.2) is 0 Å². The lowest BCUT2D eigenvalue weighted by Gasteiger charge is -2.33. The molecule has 1 aromatic rings. The van der Waals surface area contributed by atoms with E-state index >= 15 is 0 Å². The van der Waals surface area contributed by atoms with Crippen molar-refractivity contribution in [3.63, 3.8) is 0 Å². The van der Waals surface area contributed by atoms with Crippen LogP contribution in [-0.4, -0.2) is 35.7 Å². The molecule has 3 heteroatoms. The average molecular weight is 227 g/mol. The van der Waals surface area contributed by atoms with Gasteiger partial charge >= 0.3 is 0 Å². The maximum atomic E-state index is 9.24. The summed E-state index contributed by atoms with van der Waals surface area (Å²) < 4.78 is 0. The van der Waals surface area contributed by atoms with E-state index in [1.54, 1.807) is 0 Å². The molecule has 0 amide bonds. The highest BCUT2D eigenvalue weighted by molar-refractivity contribution is 7.10. The predicted molar refractivity (Wildman–Crippen MR) is 66.6 cm³/mol. The van der Waals surface area contributed by atoms with Crippen LogP contribution in [0.2, 0.25) is 0 Å². The monoisotopic (exact) mass is 227 g/mol. The Hall–Kier alpha value is -0.380. The van der Waals surface area contributed by atoms with Gasteiger partial charge in [-0.2, -0.15) is 0 Å². The molecule has 0 unspecified atom stereocenters. The van der Waals surface area contributed by atoms with Gasteiger partial charge in [-0.05, 0) is 51.2 Å². The molecule has 1 rings (SSSR count). The topological polar surface area (TPSA) is 23.5 Å². The quantitative estimate of drug-likeness (QED) is 0.834. The fourth-order valence-electron chi connectivity index (χ4n) is 1.35. The first-order valence-corrected chi connectivity index (χ1v) is 6.20. The van der Waals surface area contributed by atoms with E-state index in [1.165, 1.54) is 10.4 Å². The first-order valence-electron chi connectivity index (χ1n) is 5.32. The van der Waals surface area contributed by atoms with Crippen molar-refractivity contribution in [2.24, 2.45) is 0 Å². The molecule has 2 nitrogen and oxygen atoms in total. The van der Waals surface area contributed by atoms with Gasteiger partial charge in [0.25, 0.3) is 0 Å². The van der Waals surface area contributed by atoms with Crippen LogP contribution in [0.25, 0.3) is 0 Å². The summed E-state index contributed by atoms with van der Waals surface area (Å²) in [4.78, 5) is 3.67. The lowest BCUT2D eigenvalue weighted by molar-refractivity contribution is 0.0802. The van der Waals surface area contributed by atoms with Gasteiger partial charge < -0.3 is 5.11 Å². The van der Waals surface area contributed by atoms with Gasteiger partial charge in [0, 0.05) is 17.0 Å². The van der Waals surface area contributed by atoms with E-state index in [0.717, 1.165) is 13.0 Å². The number of aryl methyl sites for hydroxylation is 1. The Labute approximate surface area is 96.5 Å². The van der Waals surface area contributed by atoms with Crippen LogP contribution in [0.3, 0.4) is 0 Å². The summed E-state index contributed by atoms with van der Waals surface area (Å²) in [5, 5.41) is 11.4. The molecular weight excluding hydrogens is 206 g/mol. The van der Waals surface area contributed by atoms with Crippen molar-refractivity contribution in [3.8, 4) is 0 Å². The summed E-state index contributed by atoms with van der Waals surface area (Å²) in [6, 6.07) is 2.16. The second-order valence-electron chi connectivity index (χ2n) is 4.67. The molecule has 0 fully saturated rings. The maximum absolute atomic E-state index is 9.24. The van der Waals surface area contributed by atoms with Crippen LogP contribution >= 0.6 is 11.3 Å². The van der Waals surface area contributed by atoms with Crippen molar-refractivity contribution < 1.29 is 5.11 Å². The normalized spacial score (nSPS) is 12.4. The molecule has 0 aliphatic rings. The van der Waals surface area contributed by atoms with Crippen molar-refractivity contribution in [1.82, 2.24) is 4.90 Å². The largest absolute Gasteiger partial charge is 0.394 e. The van der Waals surface area contributed by atoms with E-state index in [2.05, 4.69) is 44.2 Å². The lowest BCUT2D eigenvalue weighted by Crippen LogP contribution is -2.45. The fourth-order valence-corrected chi connectivity index (χ4v) is 2.25. The van der Waals surface area contributed by atoms with Gasteiger partial charge in [0.1, 0.15) is 0 Å². The van der Waals surface area contributed by atoms with E-state index in [1.807, 2.05) is 11.3 Å². The Morgan fingerprint density at radius 1 is 1.47 bits per heavy atom. The van der Waals surface area contributed by atoms with Crippen molar-refractivity contribution in [2.45, 2.75) is 32.7 Å². The molecular formula is C12H21NOS. The first-order chi connectivity index (χ1) is 6.97. The number of thiophene rings is 1. The Morgan fingerprint density at radius 3 is 2.60 bits per heavy atom. The summed E-state index contributed by atoms with van der Waals surface area (Å²) >= 11 is 1.82. The SMILES string of the molecule is Cc1ccsc1CCN(C)C(C)(C)CO. The van der Waals surface area contributed by atoms with Gasteiger partial charge in [0.2, 0.25) is 0 Å². The molecule has 1 heterocycles. The Morgan fingerprint density at radius 2 is 2.13 bits per heavy atom. The van der Waals surface area contributed by atoms with Crippen LogP contribution in [-0.2, 0) is 6.42 Å². The van der Waals surface area contributed by atoms with Crippen molar-refractivity contribution in [2.75, 3.05) is 20.2 Å². The summed E-state index contributed by atoms with van der Waals surface area (Å²) in [5.74, 6) is 0. The minimum atomic E-state index is -0.120. The third-order valence-corrected chi connectivity index (χ3v) is 4.15. The highest BCUT2D eigenvalue weighted by Crippen LogP contribution is 2.18. The van der Waals surface area contributed by atoms with E-state index < -0.39 is 0 Å². The second kappa shape index (κ2) is 5.10. The number of likely N-dealkylation sites (N-methyl/N-ethyl adjacent to an activating group) is 1. The number of hydrogen-bond donors (Lipinski definition) is 1. The molecule has 0 bridgehead atoms. The lowest BCUT2D eigenvalue weighted by atomic mass is 10.0. The zero-order valence-corrected chi connectivity index (χ0v) is 10.9. The molecule has 1 N–H and O–H groups in total. The van der Waals surface area contributed by atoms with Crippen molar-refractivity contribution in [3.05, 3.63) is 21.9 Å². The second-order valence-corrected chi connectivity index (χ2v) is 5.67. The minimum Gasteiger partial charge on any atom is -0.394 e. The zero-order chi connectivity index (χ0) is 11.5. The van der Waals surface area contributed by atoms with Crippen LogP contribution in [0.5, 0.6) is 0 Å². The highest BCUT2D eigenvalue weighted by Gasteiger charge is 2.21. The van der Waals surface area contributed by atoms with E-state index in [4.69, 9.17) is 0 Å². The summed E-state index contributed by atoms with van der Waals surface area (Å²) in [6.45, 7) is 7.48. The molecule has 0 aliphatic heterocycles. The molecule has 1 aromatic heterocycles. The molecule has 0 atom stereocenters. The molecule has 0 aromatic carbocycles. The molecule has 0 radical (unpaired) electrons. The van der Waals surface area contributed by atoms with Gasteiger partial charge in [-0.1, -0.05) is 0 Å². The smallest absolute Gasteiger partial charge is 0.0609 e. The zero-order valence-electron chi connectivity index (χ0n) is 10.1. The third-order valence-electron chi connectivity index (χ3n) is 3.06. The third kappa shape index (κ3) is 3.30. The number of nitrogens with zero attached hydrogens (tertiary/aromatic N) is 1. The van der Waals surface area contributed by atoms with E-state index in [9.17, 15) is 5.11 Å². The van der Waals surface area contributed by atoms with Crippen molar-refractivity contribution >= 4 is 11.3 Å². The summed E-state index contributed by atoms with van der Waals surface area (Å²) in [6.07, 6.45) is 1.07. The molecule has 86 valence electrons. The first kappa shape index (κ1) is 12.7. The van der Waals surface area contributed by atoms with E-state index in [-0.39, 0.29) is 12.1 Å². The van der Waals surface area contributed by atoms with Gasteiger partial charge in [0.15, 0.2) is 0 Å². The van der Waals surface area contributed by atoms with Gasteiger partial charge in [-0.15, -0.1) is 11.3 Å². The molecule has 15 heavy (non-hydrogen) atoms. The molecule has 0 saturated carbocycles. The Balaban J connectivity index is 2.48. The fraction of sp³-hybridized carbons (Fsp3) is 0.667. The van der Waals surface area contributed by atoms with E-state index in [0.29, 0.717) is 0 Å². The van der Waals surface area contributed by atoms with Crippen LogP contribution in [0, 0.1) is 6.92 Å². The highest BCUT2D eigenvalue weighted by atomic mass is 32.1.